The molecule has 1 heterocycles. The SMILES string of the molecule is CC(=O)OC[C@H]1OC[C@H](NC(=O)C(C)(F)F)[C@@H](OC(C)=O)[C@H]1OC(C)=O. The van der Waals surface area contributed by atoms with Gasteiger partial charge in [-0.3, -0.25) is 19.2 Å². The first kappa shape index (κ1) is 21.7. The number of alkyl halides is 2. The lowest BCUT2D eigenvalue weighted by molar-refractivity contribution is -0.208. The molecule has 0 radical (unpaired) electrons. The molecule has 26 heavy (non-hydrogen) atoms. The molecule has 0 aromatic rings. The van der Waals surface area contributed by atoms with E-state index in [9.17, 15) is 28.0 Å². The van der Waals surface area contributed by atoms with E-state index in [1.807, 2.05) is 5.32 Å². The number of carbonyl (C=O) groups is 4. The van der Waals surface area contributed by atoms with E-state index in [0.29, 0.717) is 6.92 Å². The van der Waals surface area contributed by atoms with E-state index in [0.717, 1.165) is 20.8 Å². The van der Waals surface area contributed by atoms with Crippen molar-refractivity contribution < 1.29 is 46.9 Å². The fraction of sp³-hybridized carbons (Fsp3) is 0.733. The predicted octanol–water partition coefficient (Wildman–Crippen LogP) is -0.0483. The van der Waals surface area contributed by atoms with Gasteiger partial charge in [-0.05, 0) is 0 Å². The van der Waals surface area contributed by atoms with E-state index in [-0.39, 0.29) is 13.2 Å². The Hall–Kier alpha value is -2.30. The third kappa shape index (κ3) is 6.54. The first-order valence-electron chi connectivity index (χ1n) is 7.70. The minimum Gasteiger partial charge on any atom is -0.463 e. The molecular formula is C15H21F2NO8. The number of esters is 3. The van der Waals surface area contributed by atoms with Gasteiger partial charge in [-0.15, -0.1) is 0 Å². The Labute approximate surface area is 148 Å². The third-order valence-electron chi connectivity index (χ3n) is 3.35. The van der Waals surface area contributed by atoms with Gasteiger partial charge in [-0.1, -0.05) is 0 Å². The lowest BCUT2D eigenvalue weighted by Gasteiger charge is -2.41. The van der Waals surface area contributed by atoms with Gasteiger partial charge >= 0.3 is 23.8 Å². The minimum absolute atomic E-state index is 0.324. The summed E-state index contributed by atoms with van der Waals surface area (Å²) in [6.45, 7) is 3.05. The van der Waals surface area contributed by atoms with Gasteiger partial charge in [0.25, 0.3) is 5.91 Å². The zero-order valence-electron chi connectivity index (χ0n) is 14.7. The molecule has 4 atom stereocenters. The minimum atomic E-state index is -3.67. The average molecular weight is 381 g/mol. The molecule has 1 aliphatic heterocycles. The summed E-state index contributed by atoms with van der Waals surface area (Å²) in [5.41, 5.74) is 0. The van der Waals surface area contributed by atoms with Crippen LogP contribution in [0.3, 0.4) is 0 Å². The number of nitrogens with one attached hydrogen (secondary N) is 1. The average Bonchev–Trinajstić information content (AvgIpc) is 2.47. The smallest absolute Gasteiger partial charge is 0.321 e. The highest BCUT2D eigenvalue weighted by molar-refractivity contribution is 5.83. The van der Waals surface area contributed by atoms with Gasteiger partial charge in [0.15, 0.2) is 12.2 Å². The molecule has 0 unspecified atom stereocenters. The molecule has 0 aliphatic carbocycles. The van der Waals surface area contributed by atoms with Crippen LogP contribution in [0.15, 0.2) is 0 Å². The summed E-state index contributed by atoms with van der Waals surface area (Å²) in [5, 5.41) is 2.01. The van der Waals surface area contributed by atoms with Gasteiger partial charge in [0, 0.05) is 27.7 Å². The maximum absolute atomic E-state index is 13.2. The molecule has 9 nitrogen and oxygen atoms in total. The van der Waals surface area contributed by atoms with Gasteiger partial charge in [0.2, 0.25) is 0 Å². The quantitative estimate of drug-likeness (QED) is 0.503. The number of hydrogen-bond acceptors (Lipinski definition) is 8. The van der Waals surface area contributed by atoms with E-state index in [1.165, 1.54) is 0 Å². The van der Waals surface area contributed by atoms with E-state index in [2.05, 4.69) is 0 Å². The molecule has 0 bridgehead atoms. The van der Waals surface area contributed by atoms with Crippen molar-refractivity contribution in [3.63, 3.8) is 0 Å². The number of carbonyl (C=O) groups excluding carboxylic acids is 4. The number of ether oxygens (including phenoxy) is 4. The fourth-order valence-electron chi connectivity index (χ4n) is 2.29. The lowest BCUT2D eigenvalue weighted by atomic mass is 9.97. The monoisotopic (exact) mass is 381 g/mol. The summed E-state index contributed by atoms with van der Waals surface area (Å²) in [5.74, 6) is -7.46. The molecule has 148 valence electrons. The fourth-order valence-corrected chi connectivity index (χ4v) is 2.29. The normalized spacial score (nSPS) is 25.8. The summed E-state index contributed by atoms with van der Waals surface area (Å²) >= 11 is 0. The van der Waals surface area contributed by atoms with Crippen molar-refractivity contribution in [1.82, 2.24) is 5.32 Å². The number of amides is 1. The van der Waals surface area contributed by atoms with Crippen molar-refractivity contribution in [2.45, 2.75) is 58.0 Å². The molecule has 1 fully saturated rings. The van der Waals surface area contributed by atoms with Crippen LogP contribution in [0.4, 0.5) is 8.78 Å². The lowest BCUT2D eigenvalue weighted by Crippen LogP contribution is -2.63. The van der Waals surface area contributed by atoms with Crippen molar-refractivity contribution in [1.29, 1.82) is 0 Å². The largest absolute Gasteiger partial charge is 0.463 e. The molecule has 1 rings (SSSR count). The molecule has 1 aliphatic rings. The summed E-state index contributed by atoms with van der Waals surface area (Å²) in [4.78, 5) is 45.3. The van der Waals surface area contributed by atoms with E-state index in [1.54, 1.807) is 0 Å². The molecule has 1 amide bonds. The second-order valence-electron chi connectivity index (χ2n) is 5.79. The molecular weight excluding hydrogens is 360 g/mol. The van der Waals surface area contributed by atoms with Crippen LogP contribution < -0.4 is 5.32 Å². The molecule has 0 saturated carbocycles. The maximum atomic E-state index is 13.2. The van der Waals surface area contributed by atoms with Gasteiger partial charge in [-0.25, -0.2) is 0 Å². The second kappa shape index (κ2) is 8.88. The van der Waals surface area contributed by atoms with Crippen molar-refractivity contribution in [3.8, 4) is 0 Å². The van der Waals surface area contributed by atoms with E-state index in [4.69, 9.17) is 18.9 Å². The van der Waals surface area contributed by atoms with Gasteiger partial charge in [0.1, 0.15) is 12.7 Å². The summed E-state index contributed by atoms with van der Waals surface area (Å²) < 4.78 is 46.6. The van der Waals surface area contributed by atoms with Crippen molar-refractivity contribution >= 4 is 23.8 Å². The molecule has 0 aromatic heterocycles. The first-order chi connectivity index (χ1) is 11.9. The Morgan fingerprint density at radius 2 is 1.58 bits per heavy atom. The van der Waals surface area contributed by atoms with E-state index >= 15 is 0 Å². The standard InChI is InChI=1S/C15H21F2NO8/c1-7(19)23-6-11-13(26-9(3)21)12(25-8(2)20)10(5-24-11)18-14(22)15(4,16)17/h10-13H,5-6H2,1-4H3,(H,18,22)/t10-,11+,12+,13-/m0/s1. The third-order valence-corrected chi connectivity index (χ3v) is 3.35. The highest BCUT2D eigenvalue weighted by Crippen LogP contribution is 2.24. The highest BCUT2D eigenvalue weighted by Gasteiger charge is 2.47. The van der Waals surface area contributed by atoms with Crippen LogP contribution in [0.1, 0.15) is 27.7 Å². The van der Waals surface area contributed by atoms with Crippen LogP contribution in [0.25, 0.3) is 0 Å². The number of rotatable bonds is 6. The topological polar surface area (TPSA) is 117 Å². The van der Waals surface area contributed by atoms with Gasteiger partial charge in [0.05, 0.1) is 12.6 Å². The van der Waals surface area contributed by atoms with Crippen LogP contribution in [-0.4, -0.2) is 67.3 Å². The Morgan fingerprint density at radius 1 is 1.04 bits per heavy atom. The van der Waals surface area contributed by atoms with Crippen LogP contribution in [0, 0.1) is 0 Å². The molecule has 0 spiro atoms. The number of halogens is 2. The Balaban J connectivity index is 3.05. The van der Waals surface area contributed by atoms with Crippen molar-refractivity contribution in [2.24, 2.45) is 0 Å². The Bertz CT molecular complexity index is 562. The molecule has 11 heteroatoms. The predicted molar refractivity (Wildman–Crippen MR) is 80.0 cm³/mol. The highest BCUT2D eigenvalue weighted by atomic mass is 19.3. The van der Waals surface area contributed by atoms with Gasteiger partial charge in [-0.2, -0.15) is 8.78 Å². The second-order valence-corrected chi connectivity index (χ2v) is 5.79. The summed E-state index contributed by atoms with van der Waals surface area (Å²) in [6.07, 6.45) is -3.60. The van der Waals surface area contributed by atoms with Crippen LogP contribution in [-0.2, 0) is 38.1 Å². The van der Waals surface area contributed by atoms with Crippen LogP contribution in [0.5, 0.6) is 0 Å². The van der Waals surface area contributed by atoms with E-state index < -0.39 is 54.1 Å². The van der Waals surface area contributed by atoms with Gasteiger partial charge < -0.3 is 24.3 Å². The molecule has 1 N–H and O–H groups in total. The Kier molecular flexibility index (Phi) is 7.42. The number of hydrogen-bond donors (Lipinski definition) is 1. The maximum Gasteiger partial charge on any atom is 0.321 e. The summed E-state index contributed by atoms with van der Waals surface area (Å²) in [7, 11) is 0. The van der Waals surface area contributed by atoms with Crippen LogP contribution in [0.2, 0.25) is 0 Å². The summed E-state index contributed by atoms with van der Waals surface area (Å²) in [6, 6.07) is -1.20. The zero-order valence-corrected chi connectivity index (χ0v) is 14.7. The van der Waals surface area contributed by atoms with Crippen molar-refractivity contribution in [2.75, 3.05) is 13.2 Å². The molecule has 1 saturated heterocycles. The van der Waals surface area contributed by atoms with Crippen LogP contribution >= 0.6 is 0 Å². The first-order valence-corrected chi connectivity index (χ1v) is 7.70. The van der Waals surface area contributed by atoms with Crippen molar-refractivity contribution in [3.05, 3.63) is 0 Å². The molecule has 0 aromatic carbocycles. The Morgan fingerprint density at radius 3 is 2.04 bits per heavy atom. The zero-order chi connectivity index (χ0) is 20.1.